The first-order valence-corrected chi connectivity index (χ1v) is 9.65. The summed E-state index contributed by atoms with van der Waals surface area (Å²) in [6.45, 7) is 5.95. The Hall–Kier alpha value is -2.44. The van der Waals surface area contributed by atoms with Gasteiger partial charge in [-0.15, -0.1) is 10.2 Å². The highest BCUT2D eigenvalue weighted by Gasteiger charge is 2.14. The maximum absolute atomic E-state index is 6.13. The topological polar surface area (TPSA) is 73.1 Å². The molecule has 26 heavy (non-hydrogen) atoms. The first kappa shape index (κ1) is 17.0. The SMILES string of the molecule is CC(C)Oc1ccc(-c2nnc(-c3ccc4c(c3)CCNC4)s2)cc1N. The summed E-state index contributed by atoms with van der Waals surface area (Å²) in [7, 11) is 0. The lowest BCUT2D eigenvalue weighted by Crippen LogP contribution is -2.23. The molecule has 2 heterocycles. The molecule has 4 rings (SSSR count). The third-order valence-corrected chi connectivity index (χ3v) is 5.41. The normalized spacial score (nSPS) is 13.7. The summed E-state index contributed by atoms with van der Waals surface area (Å²) in [4.78, 5) is 0. The van der Waals surface area contributed by atoms with E-state index < -0.39 is 0 Å². The zero-order valence-electron chi connectivity index (χ0n) is 15.0. The van der Waals surface area contributed by atoms with E-state index in [2.05, 4.69) is 33.7 Å². The van der Waals surface area contributed by atoms with Gasteiger partial charge < -0.3 is 15.8 Å². The molecule has 0 atom stereocenters. The molecule has 0 bridgehead atoms. The maximum atomic E-state index is 6.13. The van der Waals surface area contributed by atoms with E-state index in [1.807, 2.05) is 32.0 Å². The summed E-state index contributed by atoms with van der Waals surface area (Å²) in [5.41, 5.74) is 11.6. The molecule has 1 aromatic heterocycles. The predicted octanol–water partition coefficient (Wildman–Crippen LogP) is 3.89. The number of benzene rings is 2. The van der Waals surface area contributed by atoms with Crippen molar-refractivity contribution in [2.24, 2.45) is 0 Å². The quantitative estimate of drug-likeness (QED) is 0.686. The molecule has 6 heteroatoms. The van der Waals surface area contributed by atoms with Crippen LogP contribution < -0.4 is 15.8 Å². The maximum Gasteiger partial charge on any atom is 0.148 e. The number of rotatable bonds is 4. The Bertz CT molecular complexity index is 935. The van der Waals surface area contributed by atoms with Crippen LogP contribution in [0.15, 0.2) is 36.4 Å². The van der Waals surface area contributed by atoms with Gasteiger partial charge in [0.2, 0.25) is 0 Å². The molecule has 0 unspecified atom stereocenters. The summed E-state index contributed by atoms with van der Waals surface area (Å²) in [6.07, 6.45) is 1.15. The van der Waals surface area contributed by atoms with E-state index in [4.69, 9.17) is 10.5 Å². The molecule has 1 aliphatic rings. The molecule has 3 aromatic rings. The highest BCUT2D eigenvalue weighted by Crippen LogP contribution is 2.34. The average molecular weight is 366 g/mol. The van der Waals surface area contributed by atoms with Crippen molar-refractivity contribution < 1.29 is 4.74 Å². The molecule has 134 valence electrons. The molecule has 0 saturated carbocycles. The standard InChI is InChI=1S/C20H22N4OS/c1-12(2)25-18-6-5-15(10-17(18)21)20-24-23-19(26-20)14-3-4-16-11-22-8-7-13(16)9-14/h3-6,9-10,12,22H,7-8,11,21H2,1-2H3. The van der Waals surface area contributed by atoms with Crippen LogP contribution >= 0.6 is 11.3 Å². The summed E-state index contributed by atoms with van der Waals surface area (Å²) >= 11 is 1.58. The second kappa shape index (κ2) is 7.05. The molecule has 0 spiro atoms. The summed E-state index contributed by atoms with van der Waals surface area (Å²) < 4.78 is 5.70. The monoisotopic (exact) mass is 366 g/mol. The van der Waals surface area contributed by atoms with Crippen LogP contribution in [0.5, 0.6) is 5.75 Å². The van der Waals surface area contributed by atoms with Crippen molar-refractivity contribution in [3.63, 3.8) is 0 Å². The number of anilines is 1. The fraction of sp³-hybridized carbons (Fsp3) is 0.300. The molecule has 0 aliphatic carbocycles. The van der Waals surface area contributed by atoms with Gasteiger partial charge in [0.15, 0.2) is 0 Å². The summed E-state index contributed by atoms with van der Waals surface area (Å²) in [5, 5.41) is 14.0. The molecule has 2 aromatic carbocycles. The molecule has 1 aliphatic heterocycles. The lowest BCUT2D eigenvalue weighted by Gasteiger charge is -2.17. The van der Waals surface area contributed by atoms with Crippen LogP contribution in [0.25, 0.3) is 21.1 Å². The van der Waals surface area contributed by atoms with Crippen molar-refractivity contribution in [3.05, 3.63) is 47.5 Å². The van der Waals surface area contributed by atoms with Crippen LogP contribution in [0, 0.1) is 0 Å². The minimum Gasteiger partial charge on any atom is -0.489 e. The van der Waals surface area contributed by atoms with Gasteiger partial charge in [-0.2, -0.15) is 0 Å². The van der Waals surface area contributed by atoms with Gasteiger partial charge in [-0.1, -0.05) is 23.5 Å². The molecule has 0 saturated heterocycles. The second-order valence-electron chi connectivity index (χ2n) is 6.74. The van der Waals surface area contributed by atoms with Gasteiger partial charge in [0, 0.05) is 17.7 Å². The Morgan fingerprint density at radius 3 is 2.50 bits per heavy atom. The van der Waals surface area contributed by atoms with E-state index in [-0.39, 0.29) is 6.10 Å². The van der Waals surface area contributed by atoms with Gasteiger partial charge >= 0.3 is 0 Å². The lowest BCUT2D eigenvalue weighted by atomic mass is 9.99. The van der Waals surface area contributed by atoms with Gasteiger partial charge in [-0.25, -0.2) is 0 Å². The van der Waals surface area contributed by atoms with E-state index in [0.29, 0.717) is 11.4 Å². The molecular weight excluding hydrogens is 344 g/mol. The van der Waals surface area contributed by atoms with Crippen molar-refractivity contribution in [1.82, 2.24) is 15.5 Å². The van der Waals surface area contributed by atoms with Gasteiger partial charge in [-0.05, 0) is 62.2 Å². The third-order valence-electron chi connectivity index (χ3n) is 4.38. The van der Waals surface area contributed by atoms with Crippen molar-refractivity contribution >= 4 is 17.0 Å². The van der Waals surface area contributed by atoms with Crippen molar-refractivity contribution in [2.45, 2.75) is 32.9 Å². The number of nitrogens with two attached hydrogens (primary N) is 1. The Morgan fingerprint density at radius 2 is 1.77 bits per heavy atom. The van der Waals surface area contributed by atoms with Crippen molar-refractivity contribution in [3.8, 4) is 26.9 Å². The summed E-state index contributed by atoms with van der Waals surface area (Å²) in [6, 6.07) is 12.3. The number of nitrogens with one attached hydrogen (secondary N) is 1. The molecule has 5 nitrogen and oxygen atoms in total. The average Bonchev–Trinajstić information content (AvgIpc) is 3.13. The van der Waals surface area contributed by atoms with Crippen LogP contribution in [0.4, 0.5) is 5.69 Å². The molecular formula is C20H22N4OS. The molecule has 3 N–H and O–H groups in total. The third kappa shape index (κ3) is 3.43. The van der Waals surface area contributed by atoms with Gasteiger partial charge in [-0.3, -0.25) is 0 Å². The molecule has 0 amide bonds. The highest BCUT2D eigenvalue weighted by atomic mass is 32.1. The number of nitrogens with zero attached hydrogens (tertiary/aromatic N) is 2. The van der Waals surface area contributed by atoms with Crippen LogP contribution in [0.1, 0.15) is 25.0 Å². The number of ether oxygens (including phenoxy) is 1. The predicted molar refractivity (Wildman–Crippen MR) is 106 cm³/mol. The first-order valence-electron chi connectivity index (χ1n) is 8.83. The molecule has 0 radical (unpaired) electrons. The number of nitrogen functional groups attached to an aromatic ring is 1. The minimum absolute atomic E-state index is 0.0930. The summed E-state index contributed by atoms with van der Waals surface area (Å²) in [5.74, 6) is 0.705. The first-order chi connectivity index (χ1) is 12.6. The number of aromatic nitrogens is 2. The van der Waals surface area contributed by atoms with Gasteiger partial charge in [0.25, 0.3) is 0 Å². The van der Waals surface area contributed by atoms with Crippen molar-refractivity contribution in [1.29, 1.82) is 0 Å². The smallest absolute Gasteiger partial charge is 0.148 e. The molecule has 0 fully saturated rings. The Morgan fingerprint density at radius 1 is 1.04 bits per heavy atom. The minimum atomic E-state index is 0.0930. The van der Waals surface area contributed by atoms with Crippen LogP contribution in [-0.4, -0.2) is 22.8 Å². The number of hydrogen-bond donors (Lipinski definition) is 2. The van der Waals surface area contributed by atoms with Gasteiger partial charge in [0.05, 0.1) is 11.8 Å². The Kier molecular flexibility index (Phi) is 4.61. The fourth-order valence-electron chi connectivity index (χ4n) is 3.11. The number of fused-ring (bicyclic) bond motifs is 1. The fourth-order valence-corrected chi connectivity index (χ4v) is 3.95. The lowest BCUT2D eigenvalue weighted by molar-refractivity contribution is 0.244. The van der Waals surface area contributed by atoms with E-state index in [0.717, 1.165) is 40.7 Å². The van der Waals surface area contributed by atoms with Crippen LogP contribution in [-0.2, 0) is 13.0 Å². The van der Waals surface area contributed by atoms with Crippen LogP contribution in [0.2, 0.25) is 0 Å². The van der Waals surface area contributed by atoms with E-state index >= 15 is 0 Å². The Balaban J connectivity index is 1.61. The van der Waals surface area contributed by atoms with E-state index in [1.54, 1.807) is 11.3 Å². The number of hydrogen-bond acceptors (Lipinski definition) is 6. The zero-order valence-corrected chi connectivity index (χ0v) is 15.8. The highest BCUT2D eigenvalue weighted by molar-refractivity contribution is 7.17. The van der Waals surface area contributed by atoms with Crippen molar-refractivity contribution in [2.75, 3.05) is 12.3 Å². The largest absolute Gasteiger partial charge is 0.489 e. The zero-order chi connectivity index (χ0) is 18.1. The van der Waals surface area contributed by atoms with E-state index in [9.17, 15) is 0 Å². The second-order valence-corrected chi connectivity index (χ2v) is 7.72. The van der Waals surface area contributed by atoms with E-state index in [1.165, 1.54) is 11.1 Å². The Labute approximate surface area is 157 Å². The van der Waals surface area contributed by atoms with Crippen LogP contribution in [0.3, 0.4) is 0 Å². The van der Waals surface area contributed by atoms with Gasteiger partial charge in [0.1, 0.15) is 15.8 Å².